The van der Waals surface area contributed by atoms with Crippen LogP contribution in [0.4, 0.5) is 10.1 Å². The lowest BCUT2D eigenvalue weighted by Gasteiger charge is -2.30. The van der Waals surface area contributed by atoms with Gasteiger partial charge >= 0.3 is 0 Å². The van der Waals surface area contributed by atoms with Crippen LogP contribution < -0.4 is 19.1 Å². The van der Waals surface area contributed by atoms with Crippen molar-refractivity contribution in [1.82, 2.24) is 0 Å². The van der Waals surface area contributed by atoms with Gasteiger partial charge in [0.2, 0.25) is 0 Å². The Kier molecular flexibility index (Phi) is 4.79. The molecule has 0 aliphatic carbocycles. The van der Waals surface area contributed by atoms with Crippen molar-refractivity contribution in [3.05, 3.63) is 47.3 Å². The second kappa shape index (κ2) is 7.01. The molecule has 0 aromatic heterocycles. The lowest BCUT2D eigenvalue weighted by molar-refractivity contribution is 0.0980. The van der Waals surface area contributed by atoms with Crippen LogP contribution >= 0.6 is 0 Å². The van der Waals surface area contributed by atoms with Crippen molar-refractivity contribution in [2.24, 2.45) is 0 Å². The molecule has 25 heavy (non-hydrogen) atoms. The molecule has 0 saturated heterocycles. The zero-order valence-corrected chi connectivity index (χ0v) is 14.5. The van der Waals surface area contributed by atoms with Crippen LogP contribution in [-0.4, -0.2) is 33.8 Å². The standard InChI is InChI=1S/C19H20FNO4/c1-23-15-11-17(25-3)16(24-2)10-13(15)19(22)21-9-5-7-12-6-4-8-14(20)18(12)21/h4,6,8,10-11H,5,7,9H2,1-3H3. The Bertz CT molecular complexity index is 806. The predicted octanol–water partition coefficient (Wildman–Crippen LogP) is 3.44. The van der Waals surface area contributed by atoms with Gasteiger partial charge in [0, 0.05) is 18.7 Å². The largest absolute Gasteiger partial charge is 0.496 e. The normalized spacial score (nSPS) is 13.2. The van der Waals surface area contributed by atoms with Crippen molar-refractivity contribution in [3.8, 4) is 17.2 Å². The molecule has 2 aromatic carbocycles. The molecule has 3 rings (SSSR count). The summed E-state index contributed by atoms with van der Waals surface area (Å²) in [5, 5.41) is 0. The van der Waals surface area contributed by atoms with E-state index in [0.717, 1.165) is 18.4 Å². The average molecular weight is 345 g/mol. The van der Waals surface area contributed by atoms with Gasteiger partial charge in [0.15, 0.2) is 11.5 Å². The highest BCUT2D eigenvalue weighted by Crippen LogP contribution is 2.37. The van der Waals surface area contributed by atoms with Crippen molar-refractivity contribution in [3.63, 3.8) is 0 Å². The lowest BCUT2D eigenvalue weighted by atomic mass is 10.00. The zero-order valence-electron chi connectivity index (χ0n) is 14.5. The van der Waals surface area contributed by atoms with E-state index in [-0.39, 0.29) is 5.91 Å². The number of carbonyl (C=O) groups is 1. The summed E-state index contributed by atoms with van der Waals surface area (Å²) in [6, 6.07) is 8.05. The minimum Gasteiger partial charge on any atom is -0.496 e. The number of benzene rings is 2. The topological polar surface area (TPSA) is 48.0 Å². The summed E-state index contributed by atoms with van der Waals surface area (Å²) in [5.41, 5.74) is 1.48. The second-order valence-corrected chi connectivity index (χ2v) is 5.72. The van der Waals surface area contributed by atoms with Crippen molar-refractivity contribution < 1.29 is 23.4 Å². The Hall–Kier alpha value is -2.76. The maximum atomic E-state index is 14.4. The predicted molar refractivity (Wildman–Crippen MR) is 92.5 cm³/mol. The van der Waals surface area contributed by atoms with E-state index in [1.807, 2.05) is 6.07 Å². The van der Waals surface area contributed by atoms with Gasteiger partial charge in [-0.1, -0.05) is 12.1 Å². The molecule has 0 bridgehead atoms. The Morgan fingerprint density at radius 1 is 1.04 bits per heavy atom. The van der Waals surface area contributed by atoms with E-state index in [1.54, 1.807) is 18.2 Å². The van der Waals surface area contributed by atoms with Crippen LogP contribution in [0.5, 0.6) is 17.2 Å². The number of methoxy groups -OCH3 is 3. The first-order valence-corrected chi connectivity index (χ1v) is 8.00. The quantitative estimate of drug-likeness (QED) is 0.852. The fourth-order valence-electron chi connectivity index (χ4n) is 3.15. The van der Waals surface area contributed by atoms with Gasteiger partial charge in [0.1, 0.15) is 11.6 Å². The summed E-state index contributed by atoms with van der Waals surface area (Å²) in [6.07, 6.45) is 1.53. The average Bonchev–Trinajstić information content (AvgIpc) is 2.66. The molecule has 1 heterocycles. The first-order chi connectivity index (χ1) is 12.1. The van der Waals surface area contributed by atoms with Gasteiger partial charge in [0.25, 0.3) is 5.91 Å². The number of para-hydroxylation sites is 1. The van der Waals surface area contributed by atoms with Crippen LogP contribution in [0.3, 0.4) is 0 Å². The van der Waals surface area contributed by atoms with Gasteiger partial charge in [-0.05, 0) is 24.5 Å². The molecule has 0 spiro atoms. The first kappa shape index (κ1) is 17.1. The molecule has 132 valence electrons. The third kappa shape index (κ3) is 2.99. The van der Waals surface area contributed by atoms with E-state index < -0.39 is 5.82 Å². The molecule has 1 aliphatic rings. The Morgan fingerprint density at radius 2 is 1.72 bits per heavy atom. The van der Waals surface area contributed by atoms with Gasteiger partial charge in [-0.2, -0.15) is 0 Å². The maximum Gasteiger partial charge on any atom is 0.262 e. The van der Waals surface area contributed by atoms with Crippen molar-refractivity contribution in [1.29, 1.82) is 0 Å². The Labute approximate surface area is 145 Å². The minimum absolute atomic E-state index is 0.302. The van der Waals surface area contributed by atoms with E-state index in [9.17, 15) is 9.18 Å². The summed E-state index contributed by atoms with van der Waals surface area (Å²) < 4.78 is 30.2. The van der Waals surface area contributed by atoms with Crippen LogP contribution in [0, 0.1) is 5.82 Å². The van der Waals surface area contributed by atoms with E-state index in [2.05, 4.69) is 0 Å². The van der Waals surface area contributed by atoms with Gasteiger partial charge in [-0.25, -0.2) is 4.39 Å². The number of fused-ring (bicyclic) bond motifs is 1. The van der Waals surface area contributed by atoms with E-state index in [4.69, 9.17) is 14.2 Å². The fraction of sp³-hybridized carbons (Fsp3) is 0.316. The number of rotatable bonds is 4. The molecule has 0 saturated carbocycles. The Morgan fingerprint density at radius 3 is 2.40 bits per heavy atom. The van der Waals surface area contributed by atoms with Crippen LogP contribution in [0.25, 0.3) is 0 Å². The van der Waals surface area contributed by atoms with Crippen LogP contribution in [0.1, 0.15) is 22.3 Å². The molecular formula is C19H20FNO4. The molecule has 0 atom stereocenters. The first-order valence-electron chi connectivity index (χ1n) is 8.00. The zero-order chi connectivity index (χ0) is 18.0. The summed E-state index contributed by atoms with van der Waals surface area (Å²) in [6.45, 7) is 0.449. The van der Waals surface area contributed by atoms with Crippen LogP contribution in [-0.2, 0) is 6.42 Å². The fourth-order valence-corrected chi connectivity index (χ4v) is 3.15. The molecule has 1 amide bonds. The maximum absolute atomic E-state index is 14.4. The smallest absolute Gasteiger partial charge is 0.262 e. The van der Waals surface area contributed by atoms with Crippen LogP contribution in [0.15, 0.2) is 30.3 Å². The number of hydrogen-bond acceptors (Lipinski definition) is 4. The highest BCUT2D eigenvalue weighted by molar-refractivity contribution is 6.09. The molecule has 2 aromatic rings. The van der Waals surface area contributed by atoms with Gasteiger partial charge in [-0.3, -0.25) is 4.79 Å². The minimum atomic E-state index is -0.398. The number of nitrogens with zero attached hydrogens (tertiary/aromatic N) is 1. The summed E-state index contributed by atoms with van der Waals surface area (Å²) in [5.74, 6) is 0.499. The number of aryl methyl sites for hydroxylation is 1. The monoisotopic (exact) mass is 345 g/mol. The molecule has 0 N–H and O–H groups in total. The molecule has 0 radical (unpaired) electrons. The summed E-state index contributed by atoms with van der Waals surface area (Å²) in [4.78, 5) is 14.6. The van der Waals surface area contributed by atoms with E-state index >= 15 is 0 Å². The summed E-state index contributed by atoms with van der Waals surface area (Å²) in [7, 11) is 4.48. The number of hydrogen-bond donors (Lipinski definition) is 0. The molecule has 6 heteroatoms. The number of halogens is 1. The molecule has 5 nitrogen and oxygen atoms in total. The van der Waals surface area contributed by atoms with Crippen molar-refractivity contribution in [2.45, 2.75) is 12.8 Å². The SMILES string of the molecule is COc1cc(OC)c(C(=O)N2CCCc3cccc(F)c32)cc1OC. The summed E-state index contributed by atoms with van der Waals surface area (Å²) >= 11 is 0. The third-order valence-corrected chi connectivity index (χ3v) is 4.35. The van der Waals surface area contributed by atoms with E-state index in [0.29, 0.717) is 35.0 Å². The van der Waals surface area contributed by atoms with Gasteiger partial charge in [0.05, 0.1) is 32.6 Å². The van der Waals surface area contributed by atoms with Crippen LogP contribution in [0.2, 0.25) is 0 Å². The highest BCUT2D eigenvalue weighted by Gasteiger charge is 2.29. The molecule has 0 fully saturated rings. The number of ether oxygens (including phenoxy) is 3. The molecule has 0 unspecified atom stereocenters. The van der Waals surface area contributed by atoms with Gasteiger partial charge < -0.3 is 19.1 Å². The molecule has 1 aliphatic heterocycles. The number of anilines is 1. The second-order valence-electron chi connectivity index (χ2n) is 5.72. The van der Waals surface area contributed by atoms with Crippen molar-refractivity contribution >= 4 is 11.6 Å². The number of amides is 1. The van der Waals surface area contributed by atoms with Gasteiger partial charge in [-0.15, -0.1) is 0 Å². The highest BCUT2D eigenvalue weighted by atomic mass is 19.1. The lowest BCUT2D eigenvalue weighted by Crippen LogP contribution is -2.36. The van der Waals surface area contributed by atoms with E-state index in [1.165, 1.54) is 32.3 Å². The number of carbonyl (C=O) groups excluding carboxylic acids is 1. The van der Waals surface area contributed by atoms with Crippen molar-refractivity contribution in [2.75, 3.05) is 32.8 Å². The Balaban J connectivity index is 2.08. The third-order valence-electron chi connectivity index (χ3n) is 4.35. The molecular weight excluding hydrogens is 325 g/mol.